The highest BCUT2D eigenvalue weighted by Crippen LogP contribution is 2.16. The van der Waals surface area contributed by atoms with Crippen molar-refractivity contribution in [3.8, 4) is 5.75 Å². The van der Waals surface area contributed by atoms with Crippen LogP contribution in [0.25, 0.3) is 0 Å². The zero-order valence-corrected chi connectivity index (χ0v) is 15.9. The summed E-state index contributed by atoms with van der Waals surface area (Å²) in [5.41, 5.74) is 0.772. The minimum Gasteiger partial charge on any atom is -0.490 e. The fraction of sp³-hybridized carbons (Fsp3) is 0.294. The molecule has 1 fully saturated rings. The molecule has 2 amide bonds. The van der Waals surface area contributed by atoms with Crippen LogP contribution in [-0.4, -0.2) is 48.2 Å². The highest BCUT2D eigenvalue weighted by Gasteiger charge is 2.27. The van der Waals surface area contributed by atoms with Gasteiger partial charge in [0.2, 0.25) is 0 Å². The molecular weight excluding hydrogens is 408 g/mol. The van der Waals surface area contributed by atoms with Crippen molar-refractivity contribution in [1.82, 2.24) is 15.2 Å². The number of benzene rings is 1. The second-order valence-electron chi connectivity index (χ2n) is 5.49. The first-order valence-corrected chi connectivity index (χ1v) is 8.58. The number of carbonyl (C=O) groups excluding carboxylic acids is 1. The van der Waals surface area contributed by atoms with E-state index in [4.69, 9.17) is 4.74 Å². The predicted molar refractivity (Wildman–Crippen MR) is 104 cm³/mol. The molecule has 1 atom stereocenters. The number of anilines is 1. The van der Waals surface area contributed by atoms with E-state index in [9.17, 15) is 4.79 Å². The number of nitrogens with zero attached hydrogens (tertiary/aromatic N) is 2. The molecule has 8 heteroatoms. The van der Waals surface area contributed by atoms with E-state index in [1.54, 1.807) is 12.4 Å². The quantitative estimate of drug-likeness (QED) is 0.787. The summed E-state index contributed by atoms with van der Waals surface area (Å²) in [5, 5.41) is 6.24. The Balaban J connectivity index is 0.00000225. The van der Waals surface area contributed by atoms with Gasteiger partial charge in [0.1, 0.15) is 12.4 Å². The highest BCUT2D eigenvalue weighted by molar-refractivity contribution is 9.10. The van der Waals surface area contributed by atoms with Crippen molar-refractivity contribution in [3.63, 3.8) is 0 Å². The molecule has 2 heterocycles. The van der Waals surface area contributed by atoms with Gasteiger partial charge in [0, 0.05) is 36.0 Å². The zero-order chi connectivity index (χ0) is 16.8. The van der Waals surface area contributed by atoms with Crippen LogP contribution in [0.1, 0.15) is 0 Å². The van der Waals surface area contributed by atoms with Gasteiger partial charge in [0.05, 0.1) is 12.2 Å². The number of ether oxygens (including phenoxy) is 1. The Hall–Kier alpha value is -1.83. The average molecular weight is 428 g/mol. The normalized spacial score (nSPS) is 16.7. The number of hydrogen-bond donors (Lipinski definition) is 2. The van der Waals surface area contributed by atoms with Gasteiger partial charge in [-0.15, -0.1) is 12.4 Å². The number of nitrogens with one attached hydrogen (secondary N) is 2. The Kier molecular flexibility index (Phi) is 7.49. The third-order valence-electron chi connectivity index (χ3n) is 3.78. The molecule has 1 aliphatic rings. The molecule has 0 bridgehead atoms. The first-order chi connectivity index (χ1) is 11.7. The molecule has 1 aliphatic heterocycles. The molecule has 0 spiro atoms. The van der Waals surface area contributed by atoms with Crippen molar-refractivity contribution in [2.24, 2.45) is 0 Å². The number of rotatable bonds is 4. The van der Waals surface area contributed by atoms with Gasteiger partial charge in [-0.25, -0.2) is 4.79 Å². The van der Waals surface area contributed by atoms with Gasteiger partial charge in [-0.2, -0.15) is 0 Å². The molecule has 6 nitrogen and oxygen atoms in total. The Labute approximate surface area is 161 Å². The summed E-state index contributed by atoms with van der Waals surface area (Å²) < 4.78 is 6.74. The van der Waals surface area contributed by atoms with Crippen molar-refractivity contribution in [1.29, 1.82) is 0 Å². The molecule has 0 aliphatic carbocycles. The Morgan fingerprint density at radius 3 is 2.88 bits per heavy atom. The molecule has 3 rings (SSSR count). The van der Waals surface area contributed by atoms with Crippen LogP contribution in [-0.2, 0) is 0 Å². The number of amides is 2. The third-order valence-corrected chi connectivity index (χ3v) is 4.31. The standard InChI is InChI=1S/C17H19BrN4O2.ClH/c18-13-3-5-14(6-4-13)21-17(23)22-9-8-20-10-15(22)12-24-16-2-1-7-19-11-16;/h1-7,11,15,20H,8-10,12H2,(H,21,23);1H. The van der Waals surface area contributed by atoms with Crippen molar-refractivity contribution in [3.05, 3.63) is 53.3 Å². The molecule has 0 radical (unpaired) electrons. The first kappa shape index (κ1) is 19.5. The van der Waals surface area contributed by atoms with Crippen LogP contribution in [0.15, 0.2) is 53.3 Å². The monoisotopic (exact) mass is 426 g/mol. The van der Waals surface area contributed by atoms with Crippen LogP contribution in [0, 0.1) is 0 Å². The summed E-state index contributed by atoms with van der Waals surface area (Å²) in [6.45, 7) is 2.54. The number of halogens is 2. The van der Waals surface area contributed by atoms with Crippen molar-refractivity contribution in [2.75, 3.05) is 31.6 Å². The Morgan fingerprint density at radius 2 is 2.16 bits per heavy atom. The summed E-state index contributed by atoms with van der Waals surface area (Å²) >= 11 is 3.39. The molecular formula is C17H20BrClN4O2. The minimum atomic E-state index is -0.112. The lowest BCUT2D eigenvalue weighted by atomic mass is 10.2. The van der Waals surface area contributed by atoms with Crippen LogP contribution >= 0.6 is 28.3 Å². The molecule has 25 heavy (non-hydrogen) atoms. The lowest BCUT2D eigenvalue weighted by Gasteiger charge is -2.35. The number of pyridine rings is 1. The van der Waals surface area contributed by atoms with Gasteiger partial charge >= 0.3 is 6.03 Å². The smallest absolute Gasteiger partial charge is 0.322 e. The van der Waals surface area contributed by atoms with Crippen LogP contribution in [0.3, 0.4) is 0 Å². The van der Waals surface area contributed by atoms with Gasteiger partial charge < -0.3 is 20.3 Å². The van der Waals surface area contributed by atoms with E-state index in [0.29, 0.717) is 25.4 Å². The van der Waals surface area contributed by atoms with E-state index in [-0.39, 0.29) is 24.5 Å². The molecule has 1 unspecified atom stereocenters. The topological polar surface area (TPSA) is 66.5 Å². The Morgan fingerprint density at radius 1 is 1.36 bits per heavy atom. The fourth-order valence-electron chi connectivity index (χ4n) is 2.53. The minimum absolute atomic E-state index is 0. The van der Waals surface area contributed by atoms with Crippen LogP contribution in [0.5, 0.6) is 5.75 Å². The number of urea groups is 1. The summed E-state index contributed by atoms with van der Waals surface area (Å²) in [5.74, 6) is 0.705. The summed E-state index contributed by atoms with van der Waals surface area (Å²) in [4.78, 5) is 18.4. The van der Waals surface area contributed by atoms with E-state index >= 15 is 0 Å². The lowest BCUT2D eigenvalue weighted by molar-refractivity contribution is 0.133. The van der Waals surface area contributed by atoms with Crippen LogP contribution in [0.4, 0.5) is 10.5 Å². The van der Waals surface area contributed by atoms with Gasteiger partial charge in [-0.3, -0.25) is 4.98 Å². The van der Waals surface area contributed by atoms with E-state index < -0.39 is 0 Å². The number of hydrogen-bond acceptors (Lipinski definition) is 4. The van der Waals surface area contributed by atoms with Gasteiger partial charge in [-0.1, -0.05) is 15.9 Å². The third kappa shape index (κ3) is 5.59. The number of carbonyl (C=O) groups is 1. The molecule has 2 aromatic rings. The SMILES string of the molecule is Cl.O=C(Nc1ccc(Br)cc1)N1CCNCC1COc1cccnc1. The number of aromatic nitrogens is 1. The fourth-order valence-corrected chi connectivity index (χ4v) is 2.79. The van der Waals surface area contributed by atoms with Crippen molar-refractivity contribution < 1.29 is 9.53 Å². The molecule has 1 aromatic heterocycles. The van der Waals surface area contributed by atoms with E-state index in [0.717, 1.165) is 16.7 Å². The molecule has 0 saturated carbocycles. The van der Waals surface area contributed by atoms with E-state index in [1.807, 2.05) is 41.3 Å². The van der Waals surface area contributed by atoms with E-state index in [2.05, 4.69) is 31.5 Å². The van der Waals surface area contributed by atoms with Crippen LogP contribution < -0.4 is 15.4 Å². The van der Waals surface area contributed by atoms with Crippen molar-refractivity contribution in [2.45, 2.75) is 6.04 Å². The molecule has 1 saturated heterocycles. The second-order valence-corrected chi connectivity index (χ2v) is 6.40. The number of piperazine rings is 1. The zero-order valence-electron chi connectivity index (χ0n) is 13.5. The maximum atomic E-state index is 12.6. The Bertz CT molecular complexity index is 672. The van der Waals surface area contributed by atoms with Crippen molar-refractivity contribution >= 4 is 40.1 Å². The second kappa shape index (κ2) is 9.60. The maximum Gasteiger partial charge on any atom is 0.322 e. The summed E-state index contributed by atoms with van der Waals surface area (Å²) in [7, 11) is 0. The average Bonchev–Trinajstić information content (AvgIpc) is 2.63. The van der Waals surface area contributed by atoms with E-state index in [1.165, 1.54) is 0 Å². The lowest BCUT2D eigenvalue weighted by Crippen LogP contribution is -2.57. The largest absolute Gasteiger partial charge is 0.490 e. The van der Waals surface area contributed by atoms with Crippen LogP contribution in [0.2, 0.25) is 0 Å². The molecule has 1 aromatic carbocycles. The predicted octanol–water partition coefficient (Wildman–Crippen LogP) is 3.15. The first-order valence-electron chi connectivity index (χ1n) is 7.79. The maximum absolute atomic E-state index is 12.6. The summed E-state index contributed by atoms with van der Waals surface area (Å²) in [6.07, 6.45) is 3.37. The van der Waals surface area contributed by atoms with Gasteiger partial charge in [-0.05, 0) is 36.4 Å². The highest BCUT2D eigenvalue weighted by atomic mass is 79.9. The van der Waals surface area contributed by atoms with Gasteiger partial charge in [0.15, 0.2) is 0 Å². The molecule has 134 valence electrons. The summed E-state index contributed by atoms with van der Waals surface area (Å²) in [6, 6.07) is 11.1. The van der Waals surface area contributed by atoms with Gasteiger partial charge in [0.25, 0.3) is 0 Å². The molecule has 2 N–H and O–H groups in total.